The number of carbonyl (C=O) groups is 2. The van der Waals surface area contributed by atoms with Gasteiger partial charge in [0, 0.05) is 19.0 Å². The van der Waals surface area contributed by atoms with E-state index >= 15 is 0 Å². The number of urea groups is 1. The van der Waals surface area contributed by atoms with Crippen LogP contribution in [0.3, 0.4) is 0 Å². The molecule has 0 saturated carbocycles. The largest absolute Gasteiger partial charge is 0.469 e. The Kier molecular flexibility index (Phi) is 12.0. The Morgan fingerprint density at radius 2 is 1.85 bits per heavy atom. The van der Waals surface area contributed by atoms with Crippen molar-refractivity contribution < 1.29 is 14.3 Å². The first-order valence-electron chi connectivity index (χ1n) is 7.71. The van der Waals surface area contributed by atoms with Gasteiger partial charge in [0.1, 0.15) is 0 Å². The highest BCUT2D eigenvalue weighted by Crippen LogP contribution is 2.05. The number of hydrogen-bond acceptors (Lipinski definition) is 3. The van der Waals surface area contributed by atoms with Crippen LogP contribution >= 0.6 is 0 Å². The number of esters is 1. The van der Waals surface area contributed by atoms with Gasteiger partial charge in [-0.05, 0) is 26.2 Å². The van der Waals surface area contributed by atoms with Gasteiger partial charge < -0.3 is 15.4 Å². The van der Waals surface area contributed by atoms with Gasteiger partial charge in [0.25, 0.3) is 0 Å². The predicted octanol–water partition coefficient (Wildman–Crippen LogP) is 2.99. The summed E-state index contributed by atoms with van der Waals surface area (Å²) < 4.78 is 4.55. The Balaban J connectivity index is 3.45. The van der Waals surface area contributed by atoms with E-state index in [-0.39, 0.29) is 18.0 Å². The maximum atomic E-state index is 11.6. The first-order valence-corrected chi connectivity index (χ1v) is 7.71. The molecule has 5 heteroatoms. The third-order valence-electron chi connectivity index (χ3n) is 3.19. The standard InChI is InChI=1S/C15H30N2O3/c1-4-5-6-7-10-13(2)17-15(19)16-12-9-8-11-14(18)20-3/h13H,4-12H2,1-3H3,(H2,16,17,19). The quantitative estimate of drug-likeness (QED) is 0.453. The summed E-state index contributed by atoms with van der Waals surface area (Å²) in [6, 6.07) is 0.0907. The van der Waals surface area contributed by atoms with Gasteiger partial charge in [-0.15, -0.1) is 0 Å². The topological polar surface area (TPSA) is 67.4 Å². The minimum atomic E-state index is -0.199. The Bertz CT molecular complexity index is 270. The van der Waals surface area contributed by atoms with E-state index in [4.69, 9.17) is 0 Å². The van der Waals surface area contributed by atoms with Crippen LogP contribution in [-0.2, 0) is 9.53 Å². The highest BCUT2D eigenvalue weighted by atomic mass is 16.5. The van der Waals surface area contributed by atoms with Gasteiger partial charge in [0.2, 0.25) is 0 Å². The van der Waals surface area contributed by atoms with E-state index in [0.29, 0.717) is 13.0 Å². The van der Waals surface area contributed by atoms with E-state index in [1.807, 2.05) is 6.92 Å². The molecule has 0 fully saturated rings. The molecule has 0 radical (unpaired) electrons. The molecule has 118 valence electrons. The molecule has 0 heterocycles. The summed E-state index contributed by atoms with van der Waals surface area (Å²) in [5, 5.41) is 5.73. The molecule has 0 aromatic rings. The van der Waals surface area contributed by atoms with Crippen molar-refractivity contribution in [1.29, 1.82) is 0 Å². The van der Waals surface area contributed by atoms with Crippen LogP contribution in [0.15, 0.2) is 0 Å². The zero-order chi connectivity index (χ0) is 15.2. The molecule has 0 aromatic heterocycles. The number of hydrogen-bond donors (Lipinski definition) is 2. The fourth-order valence-electron chi connectivity index (χ4n) is 1.92. The maximum absolute atomic E-state index is 11.6. The molecule has 0 aliphatic rings. The minimum Gasteiger partial charge on any atom is -0.469 e. The van der Waals surface area contributed by atoms with Gasteiger partial charge in [-0.3, -0.25) is 4.79 Å². The van der Waals surface area contributed by atoms with Gasteiger partial charge >= 0.3 is 12.0 Å². The highest BCUT2D eigenvalue weighted by molar-refractivity contribution is 5.74. The molecule has 0 bridgehead atoms. The van der Waals surface area contributed by atoms with Crippen molar-refractivity contribution >= 4 is 12.0 Å². The molecule has 2 N–H and O–H groups in total. The zero-order valence-corrected chi connectivity index (χ0v) is 13.2. The average molecular weight is 286 g/mol. The second kappa shape index (κ2) is 12.8. The molecular formula is C15H30N2O3. The highest BCUT2D eigenvalue weighted by Gasteiger charge is 2.06. The van der Waals surface area contributed by atoms with E-state index < -0.39 is 0 Å². The lowest BCUT2D eigenvalue weighted by Crippen LogP contribution is -2.41. The lowest BCUT2D eigenvalue weighted by Gasteiger charge is -2.14. The molecule has 20 heavy (non-hydrogen) atoms. The number of ether oxygens (including phenoxy) is 1. The van der Waals surface area contributed by atoms with Crippen LogP contribution < -0.4 is 10.6 Å². The van der Waals surface area contributed by atoms with Crippen LogP contribution in [-0.4, -0.2) is 31.7 Å². The lowest BCUT2D eigenvalue weighted by atomic mass is 10.1. The fourth-order valence-corrected chi connectivity index (χ4v) is 1.92. The molecule has 0 rings (SSSR count). The normalized spacial score (nSPS) is 11.8. The number of methoxy groups -OCH3 is 1. The molecule has 1 atom stereocenters. The molecule has 0 spiro atoms. The summed E-state index contributed by atoms with van der Waals surface area (Å²) in [5.74, 6) is -0.199. The summed E-state index contributed by atoms with van der Waals surface area (Å²) in [4.78, 5) is 22.5. The summed E-state index contributed by atoms with van der Waals surface area (Å²) in [6.45, 7) is 4.81. The molecular weight excluding hydrogens is 256 g/mol. The number of unbranched alkanes of at least 4 members (excludes halogenated alkanes) is 4. The SMILES string of the molecule is CCCCCCC(C)NC(=O)NCCCCC(=O)OC. The summed E-state index contributed by atoms with van der Waals surface area (Å²) >= 11 is 0. The Labute approximate surface area is 122 Å². The molecule has 1 unspecified atom stereocenters. The molecule has 0 aliphatic carbocycles. The molecule has 0 aliphatic heterocycles. The maximum Gasteiger partial charge on any atom is 0.314 e. The van der Waals surface area contributed by atoms with E-state index in [2.05, 4.69) is 22.3 Å². The van der Waals surface area contributed by atoms with Crippen LogP contribution in [0.5, 0.6) is 0 Å². The number of carbonyl (C=O) groups excluding carboxylic acids is 2. The third kappa shape index (κ3) is 11.8. The van der Waals surface area contributed by atoms with Crippen LogP contribution in [0.4, 0.5) is 4.79 Å². The van der Waals surface area contributed by atoms with Crippen LogP contribution in [0.2, 0.25) is 0 Å². The minimum absolute atomic E-state index is 0.119. The number of amides is 2. The van der Waals surface area contributed by atoms with Crippen molar-refractivity contribution in [3.8, 4) is 0 Å². The van der Waals surface area contributed by atoms with E-state index in [1.165, 1.54) is 26.4 Å². The van der Waals surface area contributed by atoms with E-state index in [9.17, 15) is 9.59 Å². The van der Waals surface area contributed by atoms with Crippen LogP contribution in [0.1, 0.15) is 65.2 Å². The number of rotatable bonds is 11. The van der Waals surface area contributed by atoms with Gasteiger partial charge in [0.15, 0.2) is 0 Å². The Morgan fingerprint density at radius 3 is 2.50 bits per heavy atom. The summed E-state index contributed by atoms with van der Waals surface area (Å²) in [5.41, 5.74) is 0. The monoisotopic (exact) mass is 286 g/mol. The molecule has 0 aromatic carbocycles. The van der Waals surface area contributed by atoms with Gasteiger partial charge in [-0.2, -0.15) is 0 Å². The molecule has 5 nitrogen and oxygen atoms in total. The van der Waals surface area contributed by atoms with Crippen LogP contribution in [0, 0.1) is 0 Å². The fraction of sp³-hybridized carbons (Fsp3) is 0.867. The second-order valence-electron chi connectivity index (χ2n) is 5.18. The van der Waals surface area contributed by atoms with Crippen molar-refractivity contribution in [3.63, 3.8) is 0 Å². The lowest BCUT2D eigenvalue weighted by molar-refractivity contribution is -0.140. The average Bonchev–Trinajstić information content (AvgIpc) is 2.42. The van der Waals surface area contributed by atoms with Crippen LogP contribution in [0.25, 0.3) is 0 Å². The van der Waals surface area contributed by atoms with Crippen molar-refractivity contribution in [3.05, 3.63) is 0 Å². The van der Waals surface area contributed by atoms with E-state index in [1.54, 1.807) is 0 Å². The van der Waals surface area contributed by atoms with Gasteiger partial charge in [-0.1, -0.05) is 32.6 Å². The zero-order valence-electron chi connectivity index (χ0n) is 13.2. The number of nitrogens with one attached hydrogen (secondary N) is 2. The smallest absolute Gasteiger partial charge is 0.314 e. The predicted molar refractivity (Wildman–Crippen MR) is 80.6 cm³/mol. The van der Waals surface area contributed by atoms with Crippen molar-refractivity contribution in [2.24, 2.45) is 0 Å². The first-order chi connectivity index (χ1) is 9.60. The summed E-state index contributed by atoms with van der Waals surface area (Å²) in [6.07, 6.45) is 7.84. The third-order valence-corrected chi connectivity index (χ3v) is 3.19. The second-order valence-corrected chi connectivity index (χ2v) is 5.18. The Morgan fingerprint density at radius 1 is 1.10 bits per heavy atom. The molecule has 0 saturated heterocycles. The first kappa shape index (κ1) is 18.7. The van der Waals surface area contributed by atoms with Crippen molar-refractivity contribution in [1.82, 2.24) is 10.6 Å². The van der Waals surface area contributed by atoms with Gasteiger partial charge in [-0.25, -0.2) is 4.79 Å². The van der Waals surface area contributed by atoms with Gasteiger partial charge in [0.05, 0.1) is 7.11 Å². The van der Waals surface area contributed by atoms with E-state index in [0.717, 1.165) is 25.7 Å². The van der Waals surface area contributed by atoms with Crippen molar-refractivity contribution in [2.45, 2.75) is 71.3 Å². The summed E-state index contributed by atoms with van der Waals surface area (Å²) in [7, 11) is 1.38. The van der Waals surface area contributed by atoms with Crippen molar-refractivity contribution in [2.75, 3.05) is 13.7 Å². The molecule has 2 amide bonds. The Hall–Kier alpha value is -1.26.